The van der Waals surface area contributed by atoms with E-state index in [4.69, 9.17) is 27.9 Å². The number of benzene rings is 1. The first kappa shape index (κ1) is 19.9. The molecule has 0 saturated carbocycles. The Morgan fingerprint density at radius 1 is 1.21 bits per heavy atom. The van der Waals surface area contributed by atoms with E-state index in [0.29, 0.717) is 35.3 Å². The minimum absolute atomic E-state index is 0.0437. The lowest BCUT2D eigenvalue weighted by molar-refractivity contribution is 0.0722. The van der Waals surface area contributed by atoms with Gasteiger partial charge in [0, 0.05) is 36.2 Å². The first-order valence-electron chi connectivity index (χ1n) is 8.58. The molecule has 0 radical (unpaired) electrons. The highest BCUT2D eigenvalue weighted by atomic mass is 35.5. The molecule has 11 heteroatoms. The van der Waals surface area contributed by atoms with E-state index >= 15 is 0 Å². The number of fused-ring (bicyclic) bond motifs is 3. The molecule has 1 aliphatic rings. The summed E-state index contributed by atoms with van der Waals surface area (Å²) in [6.45, 7) is 0.527. The molecule has 8 nitrogen and oxygen atoms in total. The molecule has 29 heavy (non-hydrogen) atoms. The summed E-state index contributed by atoms with van der Waals surface area (Å²) < 4.78 is 31.2. The number of rotatable bonds is 3. The fraction of sp³-hybridized carbons (Fsp3) is 0.278. The molecule has 0 spiro atoms. The topological polar surface area (TPSA) is 94.4 Å². The molecular formula is C18H16Cl2N4O4S. The molecule has 4 rings (SSSR count). The number of methoxy groups -OCH3 is 1. The number of carbonyl (C=O) groups excluding carboxylic acids is 1. The molecule has 0 saturated heterocycles. The lowest BCUT2D eigenvalue weighted by Crippen LogP contribution is -2.37. The van der Waals surface area contributed by atoms with E-state index in [1.807, 2.05) is 0 Å². The van der Waals surface area contributed by atoms with Gasteiger partial charge >= 0.3 is 0 Å². The number of amides is 1. The molecule has 0 unspecified atom stereocenters. The van der Waals surface area contributed by atoms with Gasteiger partial charge in [0.15, 0.2) is 5.75 Å². The Kier molecular flexibility index (Phi) is 4.92. The van der Waals surface area contributed by atoms with Crippen LogP contribution in [-0.4, -0.2) is 53.1 Å². The van der Waals surface area contributed by atoms with E-state index in [0.717, 1.165) is 11.8 Å². The van der Waals surface area contributed by atoms with Crippen LogP contribution in [0.25, 0.3) is 10.9 Å². The average molecular weight is 455 g/mol. The van der Waals surface area contributed by atoms with E-state index in [1.54, 1.807) is 17.0 Å². The highest BCUT2D eigenvalue weighted by molar-refractivity contribution is 7.89. The summed E-state index contributed by atoms with van der Waals surface area (Å²) in [4.78, 5) is 22.5. The van der Waals surface area contributed by atoms with Crippen LogP contribution in [0.3, 0.4) is 0 Å². The minimum Gasteiger partial charge on any atom is -0.494 e. The van der Waals surface area contributed by atoms with Crippen molar-refractivity contribution in [1.29, 1.82) is 0 Å². The normalized spacial score (nSPS) is 14.1. The van der Waals surface area contributed by atoms with Crippen molar-refractivity contribution in [2.24, 2.45) is 0 Å². The number of aromatic nitrogens is 3. The second-order valence-electron chi connectivity index (χ2n) is 6.63. The van der Waals surface area contributed by atoms with Gasteiger partial charge < -0.3 is 9.64 Å². The van der Waals surface area contributed by atoms with Gasteiger partial charge in [-0.3, -0.25) is 4.79 Å². The van der Waals surface area contributed by atoms with Crippen molar-refractivity contribution in [1.82, 2.24) is 18.8 Å². The molecule has 0 aliphatic carbocycles. The Labute approximate surface area is 177 Å². The van der Waals surface area contributed by atoms with Crippen molar-refractivity contribution in [2.75, 3.05) is 19.9 Å². The van der Waals surface area contributed by atoms with Gasteiger partial charge in [0.1, 0.15) is 0 Å². The molecule has 3 aromatic rings. The van der Waals surface area contributed by atoms with Crippen LogP contribution < -0.4 is 4.74 Å². The summed E-state index contributed by atoms with van der Waals surface area (Å²) in [6, 6.07) is 3.34. The Morgan fingerprint density at radius 2 is 1.90 bits per heavy atom. The van der Waals surface area contributed by atoms with Gasteiger partial charge in [-0.25, -0.2) is 22.4 Å². The van der Waals surface area contributed by atoms with Crippen molar-refractivity contribution < 1.29 is 17.9 Å². The maximum Gasteiger partial charge on any atom is 0.291 e. The average Bonchev–Trinajstić information content (AvgIpc) is 3.05. The van der Waals surface area contributed by atoms with Gasteiger partial charge in [-0.1, -0.05) is 29.3 Å². The van der Waals surface area contributed by atoms with Crippen molar-refractivity contribution >= 4 is 50.0 Å². The first-order chi connectivity index (χ1) is 13.7. The number of hydrogen-bond donors (Lipinski definition) is 0. The molecule has 3 heterocycles. The summed E-state index contributed by atoms with van der Waals surface area (Å²) in [5.41, 5.74) is 1.66. The van der Waals surface area contributed by atoms with Gasteiger partial charge in [0.05, 0.1) is 41.3 Å². The van der Waals surface area contributed by atoms with Crippen LogP contribution in [0.1, 0.15) is 21.9 Å². The molecule has 1 amide bonds. The van der Waals surface area contributed by atoms with Crippen LogP contribution >= 0.6 is 23.2 Å². The zero-order valence-corrected chi connectivity index (χ0v) is 17.8. The SMILES string of the molecule is COc1cnc(C(=O)N2CCc3c(c4ccc(Cl)c(Cl)c4n3S(C)(=O)=O)C2)nc1. The van der Waals surface area contributed by atoms with Gasteiger partial charge in [-0.15, -0.1) is 0 Å². The molecular weight excluding hydrogens is 439 g/mol. The van der Waals surface area contributed by atoms with Crippen molar-refractivity contribution in [3.8, 4) is 5.75 Å². The fourth-order valence-corrected chi connectivity index (χ4v) is 5.12. The Bertz CT molecular complexity index is 1240. The quantitative estimate of drug-likeness (QED) is 0.603. The number of hydrogen-bond acceptors (Lipinski definition) is 6. The summed E-state index contributed by atoms with van der Waals surface area (Å²) in [5, 5.41) is 1.08. The summed E-state index contributed by atoms with van der Waals surface area (Å²) >= 11 is 12.5. The third-order valence-electron chi connectivity index (χ3n) is 4.83. The summed E-state index contributed by atoms with van der Waals surface area (Å²) in [7, 11) is -2.15. The van der Waals surface area contributed by atoms with Crippen LogP contribution in [-0.2, 0) is 23.0 Å². The van der Waals surface area contributed by atoms with Gasteiger partial charge in [-0.2, -0.15) is 0 Å². The number of nitrogens with zero attached hydrogens (tertiary/aromatic N) is 4. The number of carbonyl (C=O) groups is 1. The van der Waals surface area contributed by atoms with E-state index < -0.39 is 10.0 Å². The lowest BCUT2D eigenvalue weighted by atomic mass is 10.0. The van der Waals surface area contributed by atoms with E-state index in [2.05, 4.69) is 9.97 Å². The smallest absolute Gasteiger partial charge is 0.291 e. The summed E-state index contributed by atoms with van der Waals surface area (Å²) in [5.74, 6) is 0.144. The van der Waals surface area contributed by atoms with Gasteiger partial charge in [0.2, 0.25) is 15.8 Å². The second-order valence-corrected chi connectivity index (χ2v) is 9.25. The number of halogens is 2. The van der Waals surface area contributed by atoms with Crippen molar-refractivity contribution in [3.63, 3.8) is 0 Å². The molecule has 1 aromatic carbocycles. The molecule has 152 valence electrons. The molecule has 1 aliphatic heterocycles. The standard InChI is InChI=1S/C18H16Cl2N4O4S/c1-28-10-7-21-17(22-8-10)18(25)23-6-5-14-12(9-23)11-3-4-13(19)15(20)16(11)24(14)29(2,26)27/h3-4,7-8H,5-6,9H2,1-2H3. The molecule has 0 fully saturated rings. The van der Waals surface area contributed by atoms with Gasteiger partial charge in [0.25, 0.3) is 5.91 Å². The van der Waals surface area contributed by atoms with Crippen molar-refractivity contribution in [2.45, 2.75) is 13.0 Å². The van der Waals surface area contributed by atoms with E-state index in [9.17, 15) is 13.2 Å². The molecule has 0 N–H and O–H groups in total. The van der Waals surface area contributed by atoms with Crippen LogP contribution in [0.5, 0.6) is 5.75 Å². The summed E-state index contributed by atoms with van der Waals surface area (Å²) in [6.07, 6.45) is 4.30. The maximum atomic E-state index is 12.9. The second kappa shape index (κ2) is 7.16. The monoisotopic (exact) mass is 454 g/mol. The maximum absolute atomic E-state index is 12.9. The van der Waals surface area contributed by atoms with Crippen LogP contribution in [0.15, 0.2) is 24.5 Å². The van der Waals surface area contributed by atoms with Crippen LogP contribution in [0, 0.1) is 0 Å². The Hall–Kier alpha value is -2.36. The third-order valence-corrected chi connectivity index (χ3v) is 6.69. The zero-order chi connectivity index (χ0) is 20.9. The first-order valence-corrected chi connectivity index (χ1v) is 11.2. The minimum atomic E-state index is -3.63. The van der Waals surface area contributed by atoms with Crippen LogP contribution in [0.4, 0.5) is 0 Å². The molecule has 0 bridgehead atoms. The highest BCUT2D eigenvalue weighted by Gasteiger charge is 2.31. The number of ether oxygens (including phenoxy) is 1. The van der Waals surface area contributed by atoms with Gasteiger partial charge in [-0.05, 0) is 6.07 Å². The Morgan fingerprint density at radius 3 is 2.52 bits per heavy atom. The molecule has 0 atom stereocenters. The van der Waals surface area contributed by atoms with E-state index in [-0.39, 0.29) is 28.3 Å². The van der Waals surface area contributed by atoms with Crippen molar-refractivity contribution in [3.05, 3.63) is 51.7 Å². The largest absolute Gasteiger partial charge is 0.494 e. The van der Waals surface area contributed by atoms with Crippen LogP contribution in [0.2, 0.25) is 10.0 Å². The lowest BCUT2D eigenvalue weighted by Gasteiger charge is -2.27. The zero-order valence-electron chi connectivity index (χ0n) is 15.5. The predicted molar refractivity (Wildman–Crippen MR) is 109 cm³/mol. The Balaban J connectivity index is 1.80. The fourth-order valence-electron chi connectivity index (χ4n) is 3.55. The predicted octanol–water partition coefficient (Wildman–Crippen LogP) is 2.75. The molecule has 2 aromatic heterocycles. The highest BCUT2D eigenvalue weighted by Crippen LogP contribution is 2.39. The third kappa shape index (κ3) is 3.33. The van der Waals surface area contributed by atoms with E-state index in [1.165, 1.54) is 23.5 Å².